The van der Waals surface area contributed by atoms with E-state index in [-0.39, 0.29) is 23.3 Å². The lowest BCUT2D eigenvalue weighted by molar-refractivity contribution is 0.0698. The number of aryl methyl sites for hydroxylation is 1. The minimum atomic E-state index is -3.57. The fraction of sp³-hybridized carbons (Fsp3) is 0.480. The molecule has 0 bridgehead atoms. The number of nitrogens with one attached hydrogen (secondary N) is 3. The molecule has 3 atom stereocenters. The zero-order valence-electron chi connectivity index (χ0n) is 20.7. The third-order valence-electron chi connectivity index (χ3n) is 7.12. The van der Waals surface area contributed by atoms with Gasteiger partial charge in [0.1, 0.15) is 5.82 Å². The normalized spacial score (nSPS) is 21.9. The third kappa shape index (κ3) is 5.17. The largest absolute Gasteiger partial charge is 0.478 e. The molecule has 1 aromatic carbocycles. The minimum absolute atomic E-state index is 0.0502. The van der Waals surface area contributed by atoms with E-state index in [1.165, 1.54) is 18.9 Å². The Hall–Kier alpha value is -3.18. The monoisotopic (exact) mass is 512 g/mol. The van der Waals surface area contributed by atoms with Crippen LogP contribution in [0.15, 0.2) is 24.3 Å². The standard InChI is InChI=1S/C25H32N6O4S/c1-14-15(2)27-23-13-22(20-6-4-5-9-26-20)29-31(23)24(14)28-21-12-17(21)10-16-7-8-19(30-36(3,34)35)18(11-16)25(32)33/h7-8,11,13,17,20-21,26,28,30H,4-6,9-10,12H2,1-3H3,(H,32,33)/t17?,20-,21?/m0/s1. The van der Waals surface area contributed by atoms with E-state index in [0.29, 0.717) is 12.3 Å². The first kappa shape index (κ1) is 24.5. The molecule has 10 nitrogen and oxygen atoms in total. The number of carboxylic acids is 1. The lowest BCUT2D eigenvalue weighted by Gasteiger charge is -2.21. The summed E-state index contributed by atoms with van der Waals surface area (Å²) < 4.78 is 27.3. The Balaban J connectivity index is 1.33. The summed E-state index contributed by atoms with van der Waals surface area (Å²) in [4.78, 5) is 16.5. The third-order valence-corrected chi connectivity index (χ3v) is 7.71. The highest BCUT2D eigenvalue weighted by Crippen LogP contribution is 2.38. The van der Waals surface area contributed by atoms with Crippen LogP contribution < -0.4 is 15.4 Å². The summed E-state index contributed by atoms with van der Waals surface area (Å²) >= 11 is 0. The molecular weight excluding hydrogens is 480 g/mol. The van der Waals surface area contributed by atoms with E-state index in [9.17, 15) is 18.3 Å². The van der Waals surface area contributed by atoms with Crippen molar-refractivity contribution in [1.82, 2.24) is 19.9 Å². The molecule has 1 saturated heterocycles. The van der Waals surface area contributed by atoms with Crippen LogP contribution in [0, 0.1) is 19.8 Å². The number of sulfonamides is 1. The molecule has 1 aliphatic heterocycles. The average molecular weight is 513 g/mol. The number of benzene rings is 1. The van der Waals surface area contributed by atoms with Crippen LogP contribution in [-0.2, 0) is 16.4 Å². The Morgan fingerprint density at radius 2 is 2.06 bits per heavy atom. The molecule has 36 heavy (non-hydrogen) atoms. The van der Waals surface area contributed by atoms with Crippen molar-refractivity contribution in [2.75, 3.05) is 22.8 Å². The number of anilines is 2. The molecule has 4 N–H and O–H groups in total. The summed E-state index contributed by atoms with van der Waals surface area (Å²) in [6, 6.07) is 7.43. The van der Waals surface area contributed by atoms with Crippen LogP contribution in [0.1, 0.15) is 64.6 Å². The SMILES string of the molecule is Cc1nc2cc([C@@H]3CCCCN3)nn2c(NC2CC2Cc2ccc(NS(C)(=O)=O)c(C(=O)O)c2)c1C. The van der Waals surface area contributed by atoms with Crippen LogP contribution in [0.25, 0.3) is 5.65 Å². The molecule has 1 saturated carbocycles. The summed E-state index contributed by atoms with van der Waals surface area (Å²) in [7, 11) is -3.57. The van der Waals surface area contributed by atoms with Gasteiger partial charge < -0.3 is 15.7 Å². The van der Waals surface area contributed by atoms with Crippen molar-refractivity contribution in [1.29, 1.82) is 0 Å². The molecule has 3 heterocycles. The van der Waals surface area contributed by atoms with Crippen LogP contribution >= 0.6 is 0 Å². The van der Waals surface area contributed by atoms with Gasteiger partial charge in [-0.2, -0.15) is 9.61 Å². The maximum absolute atomic E-state index is 11.7. The van der Waals surface area contributed by atoms with Crippen LogP contribution in [0.2, 0.25) is 0 Å². The van der Waals surface area contributed by atoms with E-state index in [1.807, 2.05) is 18.4 Å². The summed E-state index contributed by atoms with van der Waals surface area (Å²) in [5, 5.41) is 21.7. The molecule has 11 heteroatoms. The second-order valence-electron chi connectivity index (χ2n) is 10.0. The van der Waals surface area contributed by atoms with Gasteiger partial charge in [-0.05, 0) is 69.7 Å². The maximum Gasteiger partial charge on any atom is 0.337 e. The molecule has 0 spiro atoms. The molecule has 192 valence electrons. The Morgan fingerprint density at radius 3 is 2.75 bits per heavy atom. The highest BCUT2D eigenvalue weighted by molar-refractivity contribution is 7.92. The number of hydrogen-bond donors (Lipinski definition) is 4. The number of rotatable bonds is 8. The van der Waals surface area contributed by atoms with Gasteiger partial charge in [0.2, 0.25) is 10.0 Å². The molecule has 2 aromatic heterocycles. The van der Waals surface area contributed by atoms with E-state index in [0.717, 1.165) is 59.6 Å². The number of aromatic carboxylic acids is 1. The van der Waals surface area contributed by atoms with Crippen LogP contribution in [0.3, 0.4) is 0 Å². The van der Waals surface area contributed by atoms with Crippen LogP contribution in [0.5, 0.6) is 0 Å². The van der Waals surface area contributed by atoms with Gasteiger partial charge >= 0.3 is 5.97 Å². The van der Waals surface area contributed by atoms with Crippen molar-refractivity contribution in [2.45, 2.75) is 58.0 Å². The van der Waals surface area contributed by atoms with Crippen LogP contribution in [-0.4, -0.2) is 52.9 Å². The first-order valence-electron chi connectivity index (χ1n) is 12.3. The van der Waals surface area contributed by atoms with Gasteiger partial charge in [-0.1, -0.05) is 12.5 Å². The smallest absolute Gasteiger partial charge is 0.337 e. The van der Waals surface area contributed by atoms with Gasteiger partial charge in [-0.15, -0.1) is 0 Å². The predicted molar refractivity (Wildman–Crippen MR) is 138 cm³/mol. The molecule has 2 fully saturated rings. The summed E-state index contributed by atoms with van der Waals surface area (Å²) in [5.41, 5.74) is 4.76. The Bertz CT molecular complexity index is 1430. The molecule has 0 amide bonds. The van der Waals surface area contributed by atoms with Crippen molar-refractivity contribution < 1.29 is 18.3 Å². The first-order valence-corrected chi connectivity index (χ1v) is 14.2. The zero-order valence-corrected chi connectivity index (χ0v) is 21.5. The van der Waals surface area contributed by atoms with Crippen molar-refractivity contribution in [3.8, 4) is 0 Å². The fourth-order valence-electron chi connectivity index (χ4n) is 4.98. The first-order chi connectivity index (χ1) is 17.1. The molecule has 2 unspecified atom stereocenters. The number of fused-ring (bicyclic) bond motifs is 1. The van der Waals surface area contributed by atoms with E-state index in [1.54, 1.807) is 12.1 Å². The Labute approximate surface area is 210 Å². The maximum atomic E-state index is 11.7. The fourth-order valence-corrected chi connectivity index (χ4v) is 5.55. The van der Waals surface area contributed by atoms with Gasteiger partial charge in [0.05, 0.1) is 29.2 Å². The van der Waals surface area contributed by atoms with E-state index < -0.39 is 16.0 Å². The number of carboxylic acid groups (broad SMARTS) is 1. The molecule has 0 radical (unpaired) electrons. The quantitative estimate of drug-likeness (QED) is 0.361. The minimum Gasteiger partial charge on any atom is -0.478 e. The Kier molecular flexibility index (Phi) is 6.37. The molecule has 2 aliphatic rings. The highest BCUT2D eigenvalue weighted by Gasteiger charge is 2.38. The van der Waals surface area contributed by atoms with E-state index in [2.05, 4.69) is 21.4 Å². The molecule has 3 aromatic rings. The Morgan fingerprint density at radius 1 is 1.25 bits per heavy atom. The number of carbonyl (C=O) groups is 1. The average Bonchev–Trinajstić information content (AvgIpc) is 3.41. The van der Waals surface area contributed by atoms with E-state index in [4.69, 9.17) is 10.1 Å². The predicted octanol–water partition coefficient (Wildman–Crippen LogP) is 3.27. The topological polar surface area (TPSA) is 138 Å². The number of hydrogen-bond acceptors (Lipinski definition) is 7. The van der Waals surface area contributed by atoms with Gasteiger partial charge in [0, 0.05) is 23.4 Å². The lowest BCUT2D eigenvalue weighted by Crippen LogP contribution is -2.27. The number of nitrogens with zero attached hydrogens (tertiary/aromatic N) is 3. The second-order valence-corrected chi connectivity index (χ2v) is 11.8. The lowest BCUT2D eigenvalue weighted by atomic mass is 10.0. The van der Waals surface area contributed by atoms with Gasteiger partial charge in [-0.3, -0.25) is 4.72 Å². The summed E-state index contributed by atoms with van der Waals surface area (Å²) in [5.74, 6) is 0.116. The van der Waals surface area contributed by atoms with Crippen molar-refractivity contribution in [3.63, 3.8) is 0 Å². The molecule has 1 aliphatic carbocycles. The summed E-state index contributed by atoms with van der Waals surface area (Å²) in [6.07, 6.45) is 6.11. The van der Waals surface area contributed by atoms with Gasteiger partial charge in [0.15, 0.2) is 5.65 Å². The van der Waals surface area contributed by atoms with E-state index >= 15 is 0 Å². The molecule has 5 rings (SSSR count). The number of piperidine rings is 1. The van der Waals surface area contributed by atoms with Crippen molar-refractivity contribution >= 4 is 33.1 Å². The van der Waals surface area contributed by atoms with Crippen molar-refractivity contribution in [3.05, 3.63) is 52.3 Å². The summed E-state index contributed by atoms with van der Waals surface area (Å²) in [6.45, 7) is 5.07. The van der Waals surface area contributed by atoms with Crippen LogP contribution in [0.4, 0.5) is 11.5 Å². The zero-order chi connectivity index (χ0) is 25.6. The van der Waals surface area contributed by atoms with Gasteiger partial charge in [0.25, 0.3) is 0 Å². The highest BCUT2D eigenvalue weighted by atomic mass is 32.2. The number of aromatic nitrogens is 3. The van der Waals surface area contributed by atoms with Gasteiger partial charge in [-0.25, -0.2) is 18.2 Å². The van der Waals surface area contributed by atoms with Crippen molar-refractivity contribution in [2.24, 2.45) is 5.92 Å². The second kappa shape index (κ2) is 9.36. The molecular formula is C25H32N6O4S.